The smallest absolute Gasteiger partial charge is 0.231 e. The van der Waals surface area contributed by atoms with E-state index in [1.807, 2.05) is 41.3 Å². The Morgan fingerprint density at radius 2 is 2.00 bits per heavy atom. The third kappa shape index (κ3) is 3.51. The molecule has 0 radical (unpaired) electrons. The minimum atomic E-state index is -0.0865. The molecule has 2 aliphatic rings. The van der Waals surface area contributed by atoms with Crippen molar-refractivity contribution in [2.24, 2.45) is 0 Å². The predicted octanol–water partition coefficient (Wildman–Crippen LogP) is 3.25. The number of benzene rings is 2. The quantitative estimate of drug-likeness (QED) is 0.785. The summed E-state index contributed by atoms with van der Waals surface area (Å²) in [6.45, 7) is 0.937. The van der Waals surface area contributed by atoms with Crippen LogP contribution in [-0.4, -0.2) is 44.1 Å². The number of methoxy groups -OCH3 is 2. The van der Waals surface area contributed by atoms with Crippen molar-refractivity contribution in [3.05, 3.63) is 47.5 Å². The topological polar surface area (TPSA) is 57.2 Å². The first-order valence-corrected chi connectivity index (χ1v) is 9.76. The first-order valence-electron chi connectivity index (χ1n) is 8.71. The summed E-state index contributed by atoms with van der Waals surface area (Å²) in [5, 5.41) is -0.0865. The van der Waals surface area contributed by atoms with Crippen molar-refractivity contribution in [3.63, 3.8) is 0 Å². The Labute approximate surface area is 162 Å². The van der Waals surface area contributed by atoms with Gasteiger partial charge in [0.25, 0.3) is 0 Å². The highest BCUT2D eigenvalue weighted by atomic mass is 32.2. The second kappa shape index (κ2) is 7.60. The van der Waals surface area contributed by atoms with Gasteiger partial charge in [-0.15, -0.1) is 11.8 Å². The zero-order valence-corrected chi connectivity index (χ0v) is 16.1. The number of ether oxygens (including phenoxy) is 4. The van der Waals surface area contributed by atoms with Gasteiger partial charge in [-0.3, -0.25) is 4.79 Å². The molecule has 0 N–H and O–H groups in total. The fourth-order valence-electron chi connectivity index (χ4n) is 3.34. The molecule has 0 spiro atoms. The molecule has 1 fully saturated rings. The van der Waals surface area contributed by atoms with Gasteiger partial charge in [-0.1, -0.05) is 6.07 Å². The van der Waals surface area contributed by atoms with Crippen LogP contribution in [0, 0.1) is 0 Å². The van der Waals surface area contributed by atoms with Crippen molar-refractivity contribution in [3.8, 4) is 23.0 Å². The van der Waals surface area contributed by atoms with E-state index in [0.29, 0.717) is 18.7 Å². The number of nitrogens with zero attached hydrogens (tertiary/aromatic N) is 1. The maximum absolute atomic E-state index is 13.0. The molecule has 2 aromatic carbocycles. The molecule has 0 aliphatic carbocycles. The molecule has 1 unspecified atom stereocenters. The van der Waals surface area contributed by atoms with Gasteiger partial charge in [-0.25, -0.2) is 0 Å². The summed E-state index contributed by atoms with van der Waals surface area (Å²) in [4.78, 5) is 14.9. The molecule has 0 saturated carbocycles. The zero-order valence-electron chi connectivity index (χ0n) is 15.3. The van der Waals surface area contributed by atoms with E-state index in [0.717, 1.165) is 34.1 Å². The van der Waals surface area contributed by atoms with Crippen LogP contribution in [0.4, 0.5) is 0 Å². The number of carbonyl (C=O) groups excluding carboxylic acids is 1. The lowest BCUT2D eigenvalue weighted by Gasteiger charge is -2.26. The van der Waals surface area contributed by atoms with Gasteiger partial charge in [-0.2, -0.15) is 0 Å². The standard InChI is InChI=1S/C20H21NO5S/c1-23-14-4-6-16(24-2)15(11-14)20-21(7-8-27-20)19(22)10-13-3-5-17-18(9-13)26-12-25-17/h3-6,9,11,20H,7-8,10,12H2,1-2H3. The van der Waals surface area contributed by atoms with E-state index < -0.39 is 0 Å². The van der Waals surface area contributed by atoms with Crippen LogP contribution in [0.2, 0.25) is 0 Å². The molecular weight excluding hydrogens is 366 g/mol. The molecule has 4 rings (SSSR count). The van der Waals surface area contributed by atoms with Crippen LogP contribution in [-0.2, 0) is 11.2 Å². The zero-order chi connectivity index (χ0) is 18.8. The van der Waals surface area contributed by atoms with E-state index in [1.165, 1.54) is 0 Å². The first-order chi connectivity index (χ1) is 13.2. The molecular formula is C20H21NO5S. The molecule has 1 saturated heterocycles. The largest absolute Gasteiger partial charge is 0.497 e. The Balaban J connectivity index is 1.55. The van der Waals surface area contributed by atoms with E-state index in [4.69, 9.17) is 18.9 Å². The lowest BCUT2D eigenvalue weighted by Crippen LogP contribution is -2.31. The fraction of sp³-hybridized carbons (Fsp3) is 0.350. The van der Waals surface area contributed by atoms with Gasteiger partial charge in [0.2, 0.25) is 12.7 Å². The lowest BCUT2D eigenvalue weighted by atomic mass is 10.1. The maximum Gasteiger partial charge on any atom is 0.231 e. The van der Waals surface area contributed by atoms with Crippen LogP contribution in [0.25, 0.3) is 0 Å². The van der Waals surface area contributed by atoms with Crippen molar-refractivity contribution in [1.82, 2.24) is 4.90 Å². The SMILES string of the molecule is COc1ccc(OC)c(C2SCCN2C(=O)Cc2ccc3c(c2)OCO3)c1. The Kier molecular flexibility index (Phi) is 5.03. The maximum atomic E-state index is 13.0. The van der Waals surface area contributed by atoms with Crippen LogP contribution in [0.3, 0.4) is 0 Å². The van der Waals surface area contributed by atoms with Crippen LogP contribution in [0.15, 0.2) is 36.4 Å². The first kappa shape index (κ1) is 17.9. The third-order valence-corrected chi connectivity index (χ3v) is 5.95. The number of carbonyl (C=O) groups is 1. The van der Waals surface area contributed by atoms with E-state index in [-0.39, 0.29) is 18.1 Å². The molecule has 2 aliphatic heterocycles. The van der Waals surface area contributed by atoms with Gasteiger partial charge in [0.15, 0.2) is 11.5 Å². The highest BCUT2D eigenvalue weighted by molar-refractivity contribution is 7.99. The van der Waals surface area contributed by atoms with E-state index in [2.05, 4.69) is 0 Å². The Bertz CT molecular complexity index is 856. The number of rotatable bonds is 5. The molecule has 2 heterocycles. The summed E-state index contributed by atoms with van der Waals surface area (Å²) in [5.74, 6) is 3.90. The highest BCUT2D eigenvalue weighted by Gasteiger charge is 2.33. The lowest BCUT2D eigenvalue weighted by molar-refractivity contribution is -0.130. The van der Waals surface area contributed by atoms with Crippen molar-refractivity contribution in [2.75, 3.05) is 33.3 Å². The second-order valence-corrected chi connectivity index (χ2v) is 7.47. The monoisotopic (exact) mass is 387 g/mol. The van der Waals surface area contributed by atoms with E-state index >= 15 is 0 Å². The van der Waals surface area contributed by atoms with Crippen LogP contribution in [0.5, 0.6) is 23.0 Å². The van der Waals surface area contributed by atoms with Crippen molar-refractivity contribution in [2.45, 2.75) is 11.8 Å². The summed E-state index contributed by atoms with van der Waals surface area (Å²) in [6, 6.07) is 11.3. The Hall–Kier alpha value is -2.54. The molecule has 2 aromatic rings. The van der Waals surface area contributed by atoms with Crippen LogP contribution >= 0.6 is 11.8 Å². The van der Waals surface area contributed by atoms with E-state index in [9.17, 15) is 4.79 Å². The van der Waals surface area contributed by atoms with Crippen LogP contribution in [0.1, 0.15) is 16.5 Å². The molecule has 142 valence electrons. The molecule has 1 amide bonds. The molecule has 1 atom stereocenters. The third-order valence-electron chi connectivity index (χ3n) is 4.71. The van der Waals surface area contributed by atoms with Gasteiger partial charge in [0, 0.05) is 17.9 Å². The normalized spacial score (nSPS) is 17.9. The average Bonchev–Trinajstić information content (AvgIpc) is 3.36. The Morgan fingerprint density at radius 1 is 1.15 bits per heavy atom. The van der Waals surface area contributed by atoms with Gasteiger partial charge < -0.3 is 23.8 Å². The second-order valence-electron chi connectivity index (χ2n) is 6.28. The highest BCUT2D eigenvalue weighted by Crippen LogP contribution is 2.43. The molecule has 27 heavy (non-hydrogen) atoms. The summed E-state index contributed by atoms with van der Waals surface area (Å²) >= 11 is 1.74. The summed E-state index contributed by atoms with van der Waals surface area (Å²) in [5.41, 5.74) is 1.87. The molecule has 0 bridgehead atoms. The molecule has 7 heteroatoms. The van der Waals surface area contributed by atoms with Crippen LogP contribution < -0.4 is 18.9 Å². The summed E-state index contributed by atoms with van der Waals surface area (Å²) < 4.78 is 21.6. The minimum absolute atomic E-state index is 0.0775. The number of hydrogen-bond acceptors (Lipinski definition) is 6. The number of thioether (sulfide) groups is 1. The number of amides is 1. The number of hydrogen-bond donors (Lipinski definition) is 0. The number of fused-ring (bicyclic) bond motifs is 1. The summed E-state index contributed by atoms with van der Waals surface area (Å²) in [7, 11) is 3.28. The summed E-state index contributed by atoms with van der Waals surface area (Å²) in [6.07, 6.45) is 0.319. The van der Waals surface area contributed by atoms with Gasteiger partial charge in [-0.05, 0) is 35.9 Å². The van der Waals surface area contributed by atoms with Gasteiger partial charge >= 0.3 is 0 Å². The van der Waals surface area contributed by atoms with E-state index in [1.54, 1.807) is 26.0 Å². The van der Waals surface area contributed by atoms with Gasteiger partial charge in [0.05, 0.1) is 20.6 Å². The minimum Gasteiger partial charge on any atom is -0.497 e. The molecule has 6 nitrogen and oxygen atoms in total. The van der Waals surface area contributed by atoms with Crippen molar-refractivity contribution >= 4 is 17.7 Å². The van der Waals surface area contributed by atoms with Crippen molar-refractivity contribution < 1.29 is 23.7 Å². The fourth-order valence-corrected chi connectivity index (χ4v) is 4.63. The van der Waals surface area contributed by atoms with Crippen molar-refractivity contribution in [1.29, 1.82) is 0 Å². The Morgan fingerprint density at radius 3 is 2.81 bits per heavy atom. The molecule has 0 aromatic heterocycles. The van der Waals surface area contributed by atoms with Gasteiger partial charge in [0.1, 0.15) is 16.9 Å². The average molecular weight is 387 g/mol. The predicted molar refractivity (Wildman–Crippen MR) is 103 cm³/mol.